The molecule has 1 saturated carbocycles. The second kappa shape index (κ2) is 4.37. The van der Waals surface area contributed by atoms with Gasteiger partial charge >= 0.3 is 0 Å². The number of hydrogen-bond donors (Lipinski definition) is 1. The third-order valence-electron chi connectivity index (χ3n) is 2.47. The molecule has 0 radical (unpaired) electrons. The Kier molecular flexibility index (Phi) is 3.12. The molecule has 0 atom stereocenters. The van der Waals surface area contributed by atoms with Crippen LogP contribution in [0.1, 0.15) is 18.4 Å². The molecule has 2 rings (SSSR count). The zero-order valence-corrected chi connectivity index (χ0v) is 9.88. The first kappa shape index (κ1) is 10.7. The molecular weight excluding hydrogens is 210 g/mol. The predicted octanol–water partition coefficient (Wildman–Crippen LogP) is 2.05. The van der Waals surface area contributed by atoms with Gasteiger partial charge in [0.05, 0.1) is 5.02 Å². The average molecular weight is 226 g/mol. The van der Waals surface area contributed by atoms with E-state index >= 15 is 0 Å². The van der Waals surface area contributed by atoms with Crippen LogP contribution in [-0.2, 0) is 6.54 Å². The van der Waals surface area contributed by atoms with Gasteiger partial charge in [-0.3, -0.25) is 0 Å². The number of hydrogen-bond acceptors (Lipinski definition) is 3. The molecule has 0 bridgehead atoms. The molecule has 0 aliphatic heterocycles. The van der Waals surface area contributed by atoms with Gasteiger partial charge in [-0.05, 0) is 24.5 Å². The fraction of sp³-hybridized carbons (Fsp3) is 0.545. The van der Waals surface area contributed by atoms with Gasteiger partial charge in [0, 0.05) is 32.9 Å². The smallest absolute Gasteiger partial charge is 0.146 e. The Bertz CT molecular complexity index is 348. The van der Waals surface area contributed by atoms with Gasteiger partial charge in [0.2, 0.25) is 0 Å². The zero-order chi connectivity index (χ0) is 10.8. The van der Waals surface area contributed by atoms with Gasteiger partial charge < -0.3 is 10.2 Å². The van der Waals surface area contributed by atoms with Gasteiger partial charge in [-0.2, -0.15) is 0 Å². The molecule has 15 heavy (non-hydrogen) atoms. The summed E-state index contributed by atoms with van der Waals surface area (Å²) in [6.07, 6.45) is 4.49. The Morgan fingerprint density at radius 3 is 2.80 bits per heavy atom. The van der Waals surface area contributed by atoms with Crippen LogP contribution in [0, 0.1) is 0 Å². The highest BCUT2D eigenvalue weighted by atomic mass is 35.5. The Morgan fingerprint density at radius 2 is 2.27 bits per heavy atom. The molecule has 1 fully saturated rings. The van der Waals surface area contributed by atoms with E-state index in [4.69, 9.17) is 11.6 Å². The number of pyridine rings is 1. The van der Waals surface area contributed by atoms with Crippen molar-refractivity contribution in [1.82, 2.24) is 10.3 Å². The van der Waals surface area contributed by atoms with Gasteiger partial charge in [-0.15, -0.1) is 0 Å². The van der Waals surface area contributed by atoms with Crippen LogP contribution in [0.3, 0.4) is 0 Å². The summed E-state index contributed by atoms with van der Waals surface area (Å²) >= 11 is 6.12. The number of anilines is 1. The molecule has 1 aromatic rings. The van der Waals surface area contributed by atoms with Crippen molar-refractivity contribution in [3.63, 3.8) is 0 Å². The minimum Gasteiger partial charge on any atom is -0.362 e. The summed E-state index contributed by atoms with van der Waals surface area (Å²) in [7, 11) is 3.88. The van der Waals surface area contributed by atoms with Crippen molar-refractivity contribution in [2.24, 2.45) is 0 Å². The number of nitrogens with zero attached hydrogens (tertiary/aromatic N) is 2. The molecule has 82 valence electrons. The fourth-order valence-corrected chi connectivity index (χ4v) is 1.80. The van der Waals surface area contributed by atoms with Gasteiger partial charge in [-0.1, -0.05) is 11.6 Å². The first-order chi connectivity index (χ1) is 7.16. The lowest BCUT2D eigenvalue weighted by atomic mass is 10.2. The molecule has 0 aromatic carbocycles. The van der Waals surface area contributed by atoms with Gasteiger partial charge in [0.25, 0.3) is 0 Å². The highest BCUT2D eigenvalue weighted by molar-refractivity contribution is 6.33. The van der Waals surface area contributed by atoms with E-state index in [1.54, 1.807) is 0 Å². The third-order valence-corrected chi connectivity index (χ3v) is 2.75. The SMILES string of the molecule is CN(C)c1ncc(CNC2CC2)cc1Cl. The standard InChI is InChI=1S/C11H16ClN3/c1-15(2)11-10(12)5-8(7-14-11)6-13-9-3-4-9/h5,7,9,13H,3-4,6H2,1-2H3. The van der Waals surface area contributed by atoms with Crippen LogP contribution in [0.2, 0.25) is 5.02 Å². The molecule has 1 N–H and O–H groups in total. The molecule has 1 aliphatic carbocycles. The fourth-order valence-electron chi connectivity index (χ4n) is 1.45. The zero-order valence-electron chi connectivity index (χ0n) is 9.13. The van der Waals surface area contributed by atoms with E-state index in [2.05, 4.69) is 10.3 Å². The summed E-state index contributed by atoms with van der Waals surface area (Å²) in [5.74, 6) is 0.826. The summed E-state index contributed by atoms with van der Waals surface area (Å²) < 4.78 is 0. The number of nitrogens with one attached hydrogen (secondary N) is 1. The number of halogens is 1. The van der Waals surface area contributed by atoms with Crippen LogP contribution in [0.4, 0.5) is 5.82 Å². The van der Waals surface area contributed by atoms with Crippen LogP contribution in [-0.4, -0.2) is 25.1 Å². The first-order valence-electron chi connectivity index (χ1n) is 5.22. The third kappa shape index (κ3) is 2.83. The van der Waals surface area contributed by atoms with Crippen molar-refractivity contribution in [1.29, 1.82) is 0 Å². The van der Waals surface area contributed by atoms with Crippen LogP contribution in [0.25, 0.3) is 0 Å². The van der Waals surface area contributed by atoms with E-state index in [0.29, 0.717) is 0 Å². The summed E-state index contributed by atoms with van der Waals surface area (Å²) in [5, 5.41) is 4.15. The van der Waals surface area contributed by atoms with Crippen molar-refractivity contribution in [2.45, 2.75) is 25.4 Å². The van der Waals surface area contributed by atoms with Crippen molar-refractivity contribution in [3.8, 4) is 0 Å². The maximum absolute atomic E-state index is 6.12. The average Bonchev–Trinajstić information content (AvgIpc) is 2.97. The summed E-state index contributed by atoms with van der Waals surface area (Å²) in [5.41, 5.74) is 1.15. The van der Waals surface area contributed by atoms with E-state index < -0.39 is 0 Å². The van der Waals surface area contributed by atoms with E-state index in [1.807, 2.05) is 31.3 Å². The van der Waals surface area contributed by atoms with Crippen LogP contribution < -0.4 is 10.2 Å². The molecule has 3 nitrogen and oxygen atoms in total. The van der Waals surface area contributed by atoms with Crippen LogP contribution in [0.5, 0.6) is 0 Å². The van der Waals surface area contributed by atoms with Crippen LogP contribution in [0.15, 0.2) is 12.3 Å². The molecule has 1 heterocycles. The molecular formula is C11H16ClN3. The summed E-state index contributed by atoms with van der Waals surface area (Å²) in [6.45, 7) is 0.866. The van der Waals surface area contributed by atoms with Gasteiger partial charge in [-0.25, -0.2) is 4.98 Å². The Morgan fingerprint density at radius 1 is 1.53 bits per heavy atom. The predicted molar refractivity (Wildman–Crippen MR) is 63.4 cm³/mol. The van der Waals surface area contributed by atoms with Crippen molar-refractivity contribution >= 4 is 17.4 Å². The lowest BCUT2D eigenvalue weighted by molar-refractivity contribution is 0.686. The molecule has 0 spiro atoms. The highest BCUT2D eigenvalue weighted by Crippen LogP contribution is 2.23. The molecule has 1 aliphatic rings. The van der Waals surface area contributed by atoms with Gasteiger partial charge in [0.1, 0.15) is 5.82 Å². The van der Waals surface area contributed by atoms with Gasteiger partial charge in [0.15, 0.2) is 0 Å². The molecule has 0 amide bonds. The Labute approximate surface area is 95.4 Å². The van der Waals surface area contributed by atoms with Crippen molar-refractivity contribution in [2.75, 3.05) is 19.0 Å². The van der Waals surface area contributed by atoms with Crippen molar-refractivity contribution < 1.29 is 0 Å². The summed E-state index contributed by atoms with van der Waals surface area (Å²) in [6, 6.07) is 2.71. The molecule has 4 heteroatoms. The van der Waals surface area contributed by atoms with E-state index in [-0.39, 0.29) is 0 Å². The quantitative estimate of drug-likeness (QED) is 0.850. The minimum absolute atomic E-state index is 0.718. The Balaban J connectivity index is 2.03. The van der Waals surface area contributed by atoms with E-state index in [9.17, 15) is 0 Å². The summed E-state index contributed by atoms with van der Waals surface area (Å²) in [4.78, 5) is 6.25. The largest absolute Gasteiger partial charge is 0.362 e. The second-order valence-electron chi connectivity index (χ2n) is 4.20. The monoisotopic (exact) mass is 225 g/mol. The lowest BCUT2D eigenvalue weighted by Gasteiger charge is -2.13. The Hall–Kier alpha value is -0.800. The van der Waals surface area contributed by atoms with E-state index in [1.165, 1.54) is 12.8 Å². The minimum atomic E-state index is 0.718. The van der Waals surface area contributed by atoms with Crippen molar-refractivity contribution in [3.05, 3.63) is 22.8 Å². The van der Waals surface area contributed by atoms with E-state index in [0.717, 1.165) is 29.0 Å². The number of rotatable bonds is 4. The lowest BCUT2D eigenvalue weighted by Crippen LogP contribution is -2.16. The molecule has 0 unspecified atom stereocenters. The normalized spacial score (nSPS) is 15.4. The maximum atomic E-state index is 6.12. The highest BCUT2D eigenvalue weighted by Gasteiger charge is 2.20. The maximum Gasteiger partial charge on any atom is 0.146 e. The molecule has 1 aromatic heterocycles. The topological polar surface area (TPSA) is 28.2 Å². The van der Waals surface area contributed by atoms with Crippen LogP contribution >= 0.6 is 11.6 Å². The molecule has 0 saturated heterocycles. The first-order valence-corrected chi connectivity index (χ1v) is 5.60. The number of aromatic nitrogens is 1. The second-order valence-corrected chi connectivity index (χ2v) is 4.61.